The monoisotopic (exact) mass is 472 g/mol. The third-order valence-electron chi connectivity index (χ3n) is 6.61. The maximum absolute atomic E-state index is 13.2. The van der Waals surface area contributed by atoms with Gasteiger partial charge in [0, 0.05) is 11.5 Å². The molecule has 1 nitrogen and oxygen atoms in total. The van der Waals surface area contributed by atoms with Gasteiger partial charge in [-0.15, -0.1) is 0 Å². The minimum Gasteiger partial charge on any atom is -0.457 e. The predicted molar refractivity (Wildman–Crippen MR) is 133 cm³/mol. The van der Waals surface area contributed by atoms with Gasteiger partial charge >= 0.3 is 6.18 Å². The summed E-state index contributed by atoms with van der Waals surface area (Å²) in [6.07, 6.45) is -0.932. The van der Waals surface area contributed by atoms with Gasteiger partial charge in [-0.3, -0.25) is 0 Å². The quantitative estimate of drug-likeness (QED) is 0.348. The zero-order chi connectivity index (χ0) is 24.2. The lowest BCUT2D eigenvalue weighted by Gasteiger charge is -2.34. The van der Waals surface area contributed by atoms with E-state index in [4.69, 9.17) is 4.74 Å². The number of hydrogen-bond acceptors (Lipinski definition) is 1. The van der Waals surface area contributed by atoms with Crippen molar-refractivity contribution in [2.45, 2.75) is 77.2 Å². The molecule has 0 N–H and O–H groups in total. The Balaban J connectivity index is 2.12. The van der Waals surface area contributed by atoms with E-state index in [-0.39, 0.29) is 5.92 Å². The molecule has 0 radical (unpaired) electrons. The molecule has 0 aromatic heterocycles. The van der Waals surface area contributed by atoms with Crippen LogP contribution in [-0.4, -0.2) is 8.07 Å². The van der Waals surface area contributed by atoms with Crippen molar-refractivity contribution in [3.63, 3.8) is 0 Å². The molecule has 0 saturated carbocycles. The Labute approximate surface area is 197 Å². The number of benzene rings is 2. The zero-order valence-electron chi connectivity index (χ0n) is 20.2. The first-order chi connectivity index (χ1) is 15.6. The van der Waals surface area contributed by atoms with Crippen LogP contribution in [0.4, 0.5) is 13.2 Å². The van der Waals surface area contributed by atoms with E-state index in [9.17, 15) is 13.2 Å². The number of fused-ring (bicyclic) bond motifs is 1. The summed E-state index contributed by atoms with van der Waals surface area (Å²) in [7, 11) is -1.72. The molecular formula is C28H35F3OSi. The molecule has 1 aliphatic rings. The zero-order valence-corrected chi connectivity index (χ0v) is 21.2. The minimum absolute atomic E-state index is 0.223. The van der Waals surface area contributed by atoms with Crippen molar-refractivity contribution >= 4 is 8.07 Å². The summed E-state index contributed by atoms with van der Waals surface area (Å²) < 4.78 is 45.9. The molecule has 1 unspecified atom stereocenters. The van der Waals surface area contributed by atoms with Crippen LogP contribution >= 0.6 is 0 Å². The highest BCUT2D eigenvalue weighted by molar-refractivity contribution is 6.84. The number of rotatable bonds is 8. The van der Waals surface area contributed by atoms with Gasteiger partial charge in [-0.25, -0.2) is 0 Å². The lowest BCUT2D eigenvalue weighted by atomic mass is 9.82. The van der Waals surface area contributed by atoms with Gasteiger partial charge in [-0.1, -0.05) is 100 Å². The van der Waals surface area contributed by atoms with E-state index in [1.54, 1.807) is 12.1 Å². The summed E-state index contributed by atoms with van der Waals surface area (Å²) in [5.41, 5.74) is 5.47. The maximum atomic E-state index is 13.2. The number of aryl methyl sites for hydroxylation is 1. The largest absolute Gasteiger partial charge is 0.457 e. The molecule has 0 bridgehead atoms. The molecule has 0 saturated heterocycles. The van der Waals surface area contributed by atoms with E-state index in [0.29, 0.717) is 0 Å². The number of alkyl halides is 3. The Kier molecular flexibility index (Phi) is 7.94. The first kappa shape index (κ1) is 25.4. The van der Waals surface area contributed by atoms with Crippen molar-refractivity contribution in [2.75, 3.05) is 0 Å². The van der Waals surface area contributed by atoms with Gasteiger partial charge in [0.1, 0.15) is 11.5 Å². The smallest absolute Gasteiger partial charge is 0.416 e. The van der Waals surface area contributed by atoms with Crippen LogP contribution in [0.1, 0.15) is 68.2 Å². The second kappa shape index (κ2) is 10.3. The van der Waals surface area contributed by atoms with Gasteiger partial charge in [0.15, 0.2) is 0 Å². The summed E-state index contributed by atoms with van der Waals surface area (Å²) in [5.74, 6) is 1.37. The topological polar surface area (TPSA) is 9.23 Å². The third kappa shape index (κ3) is 5.63. The van der Waals surface area contributed by atoms with E-state index in [0.717, 1.165) is 53.0 Å². The van der Waals surface area contributed by atoms with Crippen LogP contribution in [0.25, 0.3) is 0 Å². The van der Waals surface area contributed by atoms with Crippen molar-refractivity contribution in [1.82, 2.24) is 0 Å². The van der Waals surface area contributed by atoms with E-state index < -0.39 is 19.8 Å². The van der Waals surface area contributed by atoms with Crippen molar-refractivity contribution in [2.24, 2.45) is 0 Å². The van der Waals surface area contributed by atoms with Crippen LogP contribution in [0.5, 0.6) is 5.75 Å². The van der Waals surface area contributed by atoms with Gasteiger partial charge in [-0.2, -0.15) is 13.2 Å². The lowest BCUT2D eigenvalue weighted by Crippen LogP contribution is -2.33. The third-order valence-corrected chi connectivity index (χ3v) is 12.0. The Hall–Kier alpha value is -2.27. The average Bonchev–Trinajstić information content (AvgIpc) is 2.75. The van der Waals surface area contributed by atoms with Gasteiger partial charge in [0.2, 0.25) is 0 Å². The fourth-order valence-electron chi connectivity index (χ4n) is 5.23. The van der Waals surface area contributed by atoms with Gasteiger partial charge in [0.05, 0.1) is 13.6 Å². The van der Waals surface area contributed by atoms with Gasteiger partial charge in [-0.05, 0) is 36.3 Å². The standard InChI is InChI=1S/C28H35F3OSi/c1-6-15-33(16-7-2,17-8-3)19-26-21(5)27(24-18-20(4)9-14-25(24)32-26)22-10-12-23(13-11-22)28(29,30)31/h9-14,18-19,27H,5-8,15-17H2,1-4H3/b26-19+. The highest BCUT2D eigenvalue weighted by Crippen LogP contribution is 2.46. The molecule has 0 spiro atoms. The highest BCUT2D eigenvalue weighted by atomic mass is 28.3. The second-order valence-electron chi connectivity index (χ2n) is 9.34. The van der Waals surface area contributed by atoms with Crippen LogP contribution in [0.2, 0.25) is 18.1 Å². The molecule has 5 heteroatoms. The summed E-state index contributed by atoms with van der Waals surface area (Å²) in [6.45, 7) is 13.2. The molecule has 1 aliphatic heterocycles. The summed E-state index contributed by atoms with van der Waals surface area (Å²) in [5, 5.41) is 0. The number of hydrogen-bond donors (Lipinski definition) is 0. The molecule has 2 aromatic rings. The summed E-state index contributed by atoms with van der Waals surface area (Å²) in [6, 6.07) is 15.2. The Morgan fingerprint density at radius 1 is 0.939 bits per heavy atom. The molecule has 0 aliphatic carbocycles. The van der Waals surface area contributed by atoms with Crippen molar-refractivity contribution in [3.8, 4) is 5.75 Å². The van der Waals surface area contributed by atoms with E-state index >= 15 is 0 Å². The van der Waals surface area contributed by atoms with E-state index in [1.165, 1.54) is 30.3 Å². The SMILES string of the molecule is C=C1/C(=C\[Si](CCC)(CCC)CCC)Oc2ccc(C)cc2C1c1ccc(C(F)(F)F)cc1. The van der Waals surface area contributed by atoms with Gasteiger partial charge in [0.25, 0.3) is 0 Å². The van der Waals surface area contributed by atoms with E-state index in [1.807, 2.05) is 19.1 Å². The Morgan fingerprint density at radius 2 is 1.52 bits per heavy atom. The number of ether oxygens (including phenoxy) is 1. The molecule has 178 valence electrons. The Morgan fingerprint density at radius 3 is 2.03 bits per heavy atom. The fourth-order valence-corrected chi connectivity index (χ4v) is 10.2. The predicted octanol–water partition coefficient (Wildman–Crippen LogP) is 9.20. The lowest BCUT2D eigenvalue weighted by molar-refractivity contribution is -0.137. The molecule has 0 amide bonds. The van der Waals surface area contributed by atoms with Crippen LogP contribution in [-0.2, 0) is 6.18 Å². The second-order valence-corrected chi connectivity index (χ2v) is 13.9. The van der Waals surface area contributed by atoms with Crippen molar-refractivity contribution in [1.29, 1.82) is 0 Å². The molecule has 1 heterocycles. The van der Waals surface area contributed by atoms with Crippen LogP contribution in [0.15, 0.2) is 66.1 Å². The van der Waals surface area contributed by atoms with Crippen LogP contribution in [0, 0.1) is 6.92 Å². The maximum Gasteiger partial charge on any atom is 0.416 e. The van der Waals surface area contributed by atoms with Crippen LogP contribution < -0.4 is 4.74 Å². The fraction of sp³-hybridized carbons (Fsp3) is 0.429. The molecule has 1 atom stereocenters. The first-order valence-corrected chi connectivity index (χ1v) is 14.7. The minimum atomic E-state index is -4.35. The molecular weight excluding hydrogens is 437 g/mol. The molecule has 33 heavy (non-hydrogen) atoms. The normalized spacial score (nSPS) is 17.7. The molecule has 3 rings (SSSR count). The van der Waals surface area contributed by atoms with Crippen molar-refractivity contribution < 1.29 is 17.9 Å². The molecule has 0 fully saturated rings. The first-order valence-electron chi connectivity index (χ1n) is 12.0. The highest BCUT2D eigenvalue weighted by Gasteiger charge is 2.35. The van der Waals surface area contributed by atoms with Crippen molar-refractivity contribution in [3.05, 3.63) is 88.3 Å². The summed E-state index contributed by atoms with van der Waals surface area (Å²) in [4.78, 5) is 0. The van der Waals surface area contributed by atoms with E-state index in [2.05, 4.69) is 39.1 Å². The molecule has 2 aromatic carbocycles. The number of halogens is 3. The number of allylic oxidation sites excluding steroid dienone is 1. The van der Waals surface area contributed by atoms with Crippen LogP contribution in [0.3, 0.4) is 0 Å². The average molecular weight is 473 g/mol. The Bertz CT molecular complexity index is 988. The summed E-state index contributed by atoms with van der Waals surface area (Å²) >= 11 is 0. The van der Waals surface area contributed by atoms with Gasteiger partial charge < -0.3 is 4.74 Å².